The molecule has 0 N–H and O–H groups in total. The van der Waals surface area contributed by atoms with Gasteiger partial charge in [-0.25, -0.2) is 9.18 Å². The molecule has 0 bridgehead atoms. The number of rotatable bonds is 4. The van der Waals surface area contributed by atoms with Crippen molar-refractivity contribution in [3.63, 3.8) is 0 Å². The monoisotopic (exact) mass is 628 g/mol. The van der Waals surface area contributed by atoms with Crippen molar-refractivity contribution in [2.45, 2.75) is 25.0 Å². The summed E-state index contributed by atoms with van der Waals surface area (Å²) in [6.07, 6.45) is 2.31. The van der Waals surface area contributed by atoms with Gasteiger partial charge < -0.3 is 24.0 Å². The van der Waals surface area contributed by atoms with Gasteiger partial charge in [0.2, 0.25) is 18.0 Å². The molecule has 2 fully saturated rings. The van der Waals surface area contributed by atoms with Crippen LogP contribution in [0.2, 0.25) is 0 Å². The predicted octanol–water partition coefficient (Wildman–Crippen LogP) is 4.80. The average molecular weight is 629 g/mol. The van der Waals surface area contributed by atoms with E-state index >= 15 is 0 Å². The molecule has 45 heavy (non-hydrogen) atoms. The zero-order chi connectivity index (χ0) is 30.7. The molecule has 1 unspecified atom stereocenters. The fraction of sp³-hybridized carbons (Fsp3) is 0.303. The maximum absolute atomic E-state index is 14.9. The quantitative estimate of drug-likeness (QED) is 0.300. The number of fused-ring (bicyclic) bond motifs is 7. The van der Waals surface area contributed by atoms with Crippen LogP contribution in [0.15, 0.2) is 71.0 Å². The molecule has 5 heterocycles. The first-order valence-electron chi connectivity index (χ1n) is 15.0. The number of hydrogen-bond acceptors (Lipinski definition) is 8. The van der Waals surface area contributed by atoms with Gasteiger partial charge >= 0.3 is 6.09 Å². The van der Waals surface area contributed by atoms with Crippen LogP contribution in [0.5, 0.6) is 5.75 Å². The molecule has 10 nitrogen and oxygen atoms in total. The van der Waals surface area contributed by atoms with Gasteiger partial charge in [-0.05, 0) is 58.7 Å². The van der Waals surface area contributed by atoms with Crippen LogP contribution in [0.25, 0.3) is 21.6 Å². The smallest absolute Gasteiger partial charge is 0.412 e. The normalized spacial score (nSPS) is 20.0. The zero-order valence-corrected chi connectivity index (χ0v) is 25.0. The Kier molecular flexibility index (Phi) is 6.83. The number of benzene rings is 2. The topological polar surface area (TPSA) is 93.5 Å². The third kappa shape index (κ3) is 4.50. The van der Waals surface area contributed by atoms with Crippen LogP contribution in [-0.4, -0.2) is 72.3 Å². The van der Waals surface area contributed by atoms with Gasteiger partial charge in [0.15, 0.2) is 5.69 Å². The van der Waals surface area contributed by atoms with E-state index in [4.69, 9.17) is 14.2 Å². The first-order valence-corrected chi connectivity index (χ1v) is 15.8. The fourth-order valence-corrected chi connectivity index (χ4v) is 7.87. The van der Waals surface area contributed by atoms with E-state index in [-0.39, 0.29) is 23.9 Å². The second-order valence-electron chi connectivity index (χ2n) is 11.4. The lowest BCUT2D eigenvalue weighted by Gasteiger charge is -2.51. The molecule has 2 aromatic heterocycles. The molecule has 2 saturated heterocycles. The van der Waals surface area contributed by atoms with E-state index < -0.39 is 36.4 Å². The van der Waals surface area contributed by atoms with Gasteiger partial charge in [0.25, 0.3) is 5.91 Å². The number of nitrogens with zero attached hydrogens (tertiary/aromatic N) is 4. The van der Waals surface area contributed by atoms with Gasteiger partial charge in [-0.2, -0.15) is 0 Å². The molecule has 0 radical (unpaired) electrons. The van der Waals surface area contributed by atoms with Gasteiger partial charge in [0.1, 0.15) is 12.0 Å². The summed E-state index contributed by atoms with van der Waals surface area (Å²) in [7, 11) is 0. The lowest BCUT2D eigenvalue weighted by atomic mass is 9.92. The van der Waals surface area contributed by atoms with Crippen LogP contribution in [0.1, 0.15) is 40.5 Å². The number of morpholine rings is 1. The standard InChI is InChI=1S/C33H29FN4O6S/c34-20-7-8-22-25(17-20)24-10-16-45-31(24)23-6-2-1-5-21(23)28(22)38-27-18-42-15-14-36(27)32(40)29-30(26(39)9-13-37(29)38)43-19-44-33(41)35-11-3-4-12-35/h1-2,5-10,13,16-17,27-28H,3-4,11-12,14-15,18-19H2/t27-,28?/m1/s1. The first kappa shape index (κ1) is 27.8. The van der Waals surface area contributed by atoms with Crippen molar-refractivity contribution in [2.75, 3.05) is 44.6 Å². The predicted molar refractivity (Wildman–Crippen MR) is 164 cm³/mol. The Hall–Kier alpha value is -4.68. The highest BCUT2D eigenvalue weighted by atomic mass is 32.1. The van der Waals surface area contributed by atoms with Crippen LogP contribution in [-0.2, 0) is 9.47 Å². The Morgan fingerprint density at radius 2 is 1.80 bits per heavy atom. The summed E-state index contributed by atoms with van der Waals surface area (Å²) in [6, 6.07) is 15.7. The van der Waals surface area contributed by atoms with Crippen LogP contribution >= 0.6 is 11.3 Å². The number of thiophene rings is 1. The SMILES string of the molecule is O=C(OCOc1c2n(ccc1=O)N(C1c3ccc(F)cc3-c3ccsc3-c3ccccc31)[C@@H]1COCCN1C2=O)N1CCCC1. The van der Waals surface area contributed by atoms with E-state index in [1.165, 1.54) is 12.1 Å². The first-order chi connectivity index (χ1) is 22.0. The maximum Gasteiger partial charge on any atom is 0.412 e. The van der Waals surface area contributed by atoms with E-state index in [2.05, 4.69) is 6.07 Å². The molecule has 8 rings (SSSR count). The molecular weight excluding hydrogens is 599 g/mol. The number of aromatic nitrogens is 1. The van der Waals surface area contributed by atoms with Gasteiger partial charge in [-0.1, -0.05) is 30.3 Å². The summed E-state index contributed by atoms with van der Waals surface area (Å²) < 4.78 is 33.6. The highest BCUT2D eigenvalue weighted by Crippen LogP contribution is 2.50. The lowest BCUT2D eigenvalue weighted by molar-refractivity contribution is -0.0204. The summed E-state index contributed by atoms with van der Waals surface area (Å²) in [6.45, 7) is 1.54. The molecule has 1 aliphatic carbocycles. The Morgan fingerprint density at radius 3 is 2.67 bits per heavy atom. The number of hydrogen-bond donors (Lipinski definition) is 0. The average Bonchev–Trinajstić information content (AvgIpc) is 3.76. The van der Waals surface area contributed by atoms with Crippen molar-refractivity contribution in [1.29, 1.82) is 0 Å². The molecule has 2 aromatic carbocycles. The van der Waals surface area contributed by atoms with Gasteiger partial charge in [-0.3, -0.25) is 19.3 Å². The minimum absolute atomic E-state index is 0.0260. The second kappa shape index (κ2) is 11.0. The Morgan fingerprint density at radius 1 is 0.978 bits per heavy atom. The van der Waals surface area contributed by atoms with E-state index in [1.807, 2.05) is 34.7 Å². The molecule has 0 spiro atoms. The van der Waals surface area contributed by atoms with Crippen molar-refractivity contribution in [2.24, 2.45) is 0 Å². The molecule has 2 atom stereocenters. The molecule has 4 aromatic rings. The highest BCUT2D eigenvalue weighted by molar-refractivity contribution is 7.14. The van der Waals surface area contributed by atoms with Crippen molar-refractivity contribution in [3.05, 3.63) is 99.0 Å². The molecule has 2 amide bonds. The molecular formula is C33H29FN4O6S. The third-order valence-electron chi connectivity index (χ3n) is 8.94. The molecule has 230 valence electrons. The second-order valence-corrected chi connectivity index (χ2v) is 12.3. The minimum atomic E-state index is -0.547. The number of amides is 2. The van der Waals surface area contributed by atoms with Crippen LogP contribution < -0.4 is 15.2 Å². The number of likely N-dealkylation sites (tertiary alicyclic amines) is 1. The van der Waals surface area contributed by atoms with Crippen molar-refractivity contribution >= 4 is 23.3 Å². The Labute approximate surface area is 261 Å². The number of halogens is 1. The molecule has 0 saturated carbocycles. The minimum Gasteiger partial charge on any atom is -0.451 e. The Bertz CT molecular complexity index is 1880. The van der Waals surface area contributed by atoms with Crippen LogP contribution in [0, 0.1) is 5.82 Å². The lowest BCUT2D eigenvalue weighted by Crippen LogP contribution is -2.66. The summed E-state index contributed by atoms with van der Waals surface area (Å²) in [5.41, 5.74) is 3.99. The molecule has 4 aliphatic rings. The fourth-order valence-electron chi connectivity index (χ4n) is 6.91. The zero-order valence-electron chi connectivity index (χ0n) is 24.2. The van der Waals surface area contributed by atoms with Crippen molar-refractivity contribution in [3.8, 4) is 27.3 Å². The van der Waals surface area contributed by atoms with Crippen LogP contribution in [0.4, 0.5) is 9.18 Å². The molecule has 3 aliphatic heterocycles. The summed E-state index contributed by atoms with van der Waals surface area (Å²) in [5.74, 6) is -0.944. The Balaban J connectivity index is 1.29. The number of ether oxygens (including phenoxy) is 3. The van der Waals surface area contributed by atoms with E-state index in [0.717, 1.165) is 45.5 Å². The third-order valence-corrected chi connectivity index (χ3v) is 9.88. The maximum atomic E-state index is 14.9. The number of carbonyl (C=O) groups is 2. The van der Waals surface area contributed by atoms with Crippen molar-refractivity contribution < 1.29 is 28.2 Å². The summed E-state index contributed by atoms with van der Waals surface area (Å²) in [5, 5.41) is 4.03. The van der Waals surface area contributed by atoms with Crippen LogP contribution in [0.3, 0.4) is 0 Å². The largest absolute Gasteiger partial charge is 0.451 e. The molecule has 12 heteroatoms. The van der Waals surface area contributed by atoms with E-state index in [0.29, 0.717) is 26.2 Å². The summed E-state index contributed by atoms with van der Waals surface area (Å²) >= 11 is 1.59. The van der Waals surface area contributed by atoms with Gasteiger partial charge in [0, 0.05) is 42.3 Å². The van der Waals surface area contributed by atoms with Crippen molar-refractivity contribution in [1.82, 2.24) is 14.5 Å². The number of carbonyl (C=O) groups excluding carboxylic acids is 2. The van der Waals surface area contributed by atoms with Gasteiger partial charge in [0.05, 0.1) is 19.3 Å². The number of pyridine rings is 1. The summed E-state index contributed by atoms with van der Waals surface area (Å²) in [4.78, 5) is 44.2. The van der Waals surface area contributed by atoms with Gasteiger partial charge in [-0.15, -0.1) is 11.3 Å². The van der Waals surface area contributed by atoms with E-state index in [1.54, 1.807) is 44.1 Å². The van der Waals surface area contributed by atoms with E-state index in [9.17, 15) is 18.8 Å². The highest BCUT2D eigenvalue weighted by Gasteiger charge is 2.46.